The molecular weight excluding hydrogens is 294 g/mol. The summed E-state index contributed by atoms with van der Waals surface area (Å²) in [6, 6.07) is 5.07. The molecule has 0 radical (unpaired) electrons. The second kappa shape index (κ2) is 6.47. The van der Waals surface area contributed by atoms with Gasteiger partial charge in [-0.1, -0.05) is 19.9 Å². The first-order valence-corrected chi connectivity index (χ1v) is 9.32. The van der Waals surface area contributed by atoms with Crippen molar-refractivity contribution < 1.29 is 13.5 Å². The van der Waals surface area contributed by atoms with Gasteiger partial charge >= 0.3 is 0 Å². The molecule has 0 aliphatic carbocycles. The Kier molecular flexibility index (Phi) is 5.12. The smallest absolute Gasteiger partial charge is 0.243 e. The largest absolute Gasteiger partial charge is 0.392 e. The third-order valence-corrected chi connectivity index (χ3v) is 6.57. The first-order chi connectivity index (χ1) is 9.48. The fourth-order valence-corrected chi connectivity index (χ4v) is 5.21. The first kappa shape index (κ1) is 15.8. The van der Waals surface area contributed by atoms with Crippen molar-refractivity contribution in [3.05, 3.63) is 29.3 Å². The average Bonchev–Trinajstić information content (AvgIpc) is 2.46. The van der Waals surface area contributed by atoms with Crippen LogP contribution < -0.4 is 0 Å². The van der Waals surface area contributed by atoms with Gasteiger partial charge in [0.05, 0.1) is 11.5 Å². The Balaban J connectivity index is 2.34. The number of benzene rings is 1. The third-order valence-electron chi connectivity index (χ3n) is 3.57. The molecule has 6 heteroatoms. The maximum absolute atomic E-state index is 12.6. The van der Waals surface area contributed by atoms with Gasteiger partial charge < -0.3 is 5.11 Å². The number of aliphatic hydroxyl groups excluding tert-OH is 1. The topological polar surface area (TPSA) is 57.6 Å². The predicted octanol–water partition coefficient (Wildman–Crippen LogP) is 1.87. The minimum Gasteiger partial charge on any atom is -0.392 e. The second-order valence-corrected chi connectivity index (χ2v) is 8.47. The van der Waals surface area contributed by atoms with E-state index < -0.39 is 10.0 Å². The van der Waals surface area contributed by atoms with E-state index in [-0.39, 0.29) is 11.5 Å². The van der Waals surface area contributed by atoms with Crippen molar-refractivity contribution in [1.82, 2.24) is 4.31 Å². The Labute approximate surface area is 125 Å². The summed E-state index contributed by atoms with van der Waals surface area (Å²) in [6.07, 6.45) is 0.785. The van der Waals surface area contributed by atoms with E-state index in [1.165, 1.54) is 0 Å². The van der Waals surface area contributed by atoms with Crippen molar-refractivity contribution >= 4 is 21.8 Å². The van der Waals surface area contributed by atoms with Gasteiger partial charge in [-0.3, -0.25) is 0 Å². The Hall–Kier alpha value is -0.560. The van der Waals surface area contributed by atoms with Crippen LogP contribution in [0.1, 0.15) is 25.0 Å². The van der Waals surface area contributed by atoms with Crippen molar-refractivity contribution in [2.24, 2.45) is 0 Å². The Morgan fingerprint density at radius 1 is 1.40 bits per heavy atom. The highest BCUT2D eigenvalue weighted by atomic mass is 32.2. The summed E-state index contributed by atoms with van der Waals surface area (Å²) in [5, 5.41) is 9.71. The predicted molar refractivity (Wildman–Crippen MR) is 82.4 cm³/mol. The number of aryl methyl sites for hydroxylation is 1. The van der Waals surface area contributed by atoms with Crippen LogP contribution in [0.15, 0.2) is 23.1 Å². The van der Waals surface area contributed by atoms with Gasteiger partial charge in [0.1, 0.15) is 0 Å². The first-order valence-electron chi connectivity index (χ1n) is 6.83. The van der Waals surface area contributed by atoms with Crippen LogP contribution in [-0.4, -0.2) is 41.9 Å². The van der Waals surface area contributed by atoms with Crippen LogP contribution in [0, 0.1) is 0 Å². The zero-order valence-electron chi connectivity index (χ0n) is 11.9. The number of aliphatic hydroxyl groups is 1. The molecule has 1 aromatic rings. The summed E-state index contributed by atoms with van der Waals surface area (Å²) in [7, 11) is -3.44. The van der Waals surface area contributed by atoms with Gasteiger partial charge in [-0.15, -0.1) is 0 Å². The minimum absolute atomic E-state index is 0.126. The molecule has 0 bridgehead atoms. The monoisotopic (exact) mass is 315 g/mol. The van der Waals surface area contributed by atoms with Gasteiger partial charge in [-0.2, -0.15) is 16.1 Å². The molecule has 0 spiro atoms. The van der Waals surface area contributed by atoms with E-state index in [1.54, 1.807) is 34.3 Å². The van der Waals surface area contributed by atoms with Crippen LogP contribution >= 0.6 is 11.8 Å². The lowest BCUT2D eigenvalue weighted by atomic mass is 10.1. The lowest BCUT2D eigenvalue weighted by Gasteiger charge is -2.29. The lowest BCUT2D eigenvalue weighted by molar-refractivity contribution is 0.280. The van der Waals surface area contributed by atoms with E-state index in [0.29, 0.717) is 23.9 Å². The van der Waals surface area contributed by atoms with Crippen LogP contribution in [0.4, 0.5) is 0 Å². The average molecular weight is 315 g/mol. The number of sulfonamides is 1. The molecule has 0 aromatic heterocycles. The van der Waals surface area contributed by atoms with Crippen LogP contribution in [0.25, 0.3) is 0 Å². The molecule has 2 rings (SSSR count). The molecule has 1 saturated heterocycles. The SMILES string of the molecule is CCc1ccc(S(=O)(=O)N2CCSC(C)C2)cc1CO. The normalized spacial score (nSPS) is 21.1. The minimum atomic E-state index is -3.44. The van der Waals surface area contributed by atoms with E-state index in [9.17, 15) is 13.5 Å². The summed E-state index contributed by atoms with van der Waals surface area (Å²) in [6.45, 7) is 5.02. The number of thioether (sulfide) groups is 1. The van der Waals surface area contributed by atoms with Crippen molar-refractivity contribution in [2.45, 2.75) is 37.0 Å². The van der Waals surface area contributed by atoms with Crippen LogP contribution in [0.3, 0.4) is 0 Å². The maximum Gasteiger partial charge on any atom is 0.243 e. The summed E-state index contributed by atoms with van der Waals surface area (Å²) < 4.78 is 26.8. The molecule has 0 saturated carbocycles. The summed E-state index contributed by atoms with van der Waals surface area (Å²) in [5.41, 5.74) is 1.70. The molecule has 0 amide bonds. The Morgan fingerprint density at radius 3 is 2.75 bits per heavy atom. The highest BCUT2D eigenvalue weighted by molar-refractivity contribution is 8.00. The molecule has 4 nitrogen and oxygen atoms in total. The van der Waals surface area contributed by atoms with E-state index in [4.69, 9.17) is 0 Å². The Morgan fingerprint density at radius 2 is 2.15 bits per heavy atom. The molecule has 1 fully saturated rings. The fraction of sp³-hybridized carbons (Fsp3) is 0.571. The van der Waals surface area contributed by atoms with E-state index in [0.717, 1.165) is 17.7 Å². The van der Waals surface area contributed by atoms with Gasteiger partial charge in [0.2, 0.25) is 10.0 Å². The highest BCUT2D eigenvalue weighted by Gasteiger charge is 2.29. The van der Waals surface area contributed by atoms with Gasteiger partial charge in [0.25, 0.3) is 0 Å². The molecule has 1 aromatic carbocycles. The van der Waals surface area contributed by atoms with E-state index in [1.807, 2.05) is 13.8 Å². The van der Waals surface area contributed by atoms with Gasteiger partial charge in [-0.05, 0) is 29.7 Å². The number of nitrogens with zero attached hydrogens (tertiary/aromatic N) is 1. The molecule has 1 unspecified atom stereocenters. The van der Waals surface area contributed by atoms with Crippen molar-refractivity contribution in [3.8, 4) is 0 Å². The number of hydrogen-bond donors (Lipinski definition) is 1. The molecule has 1 aliphatic heterocycles. The van der Waals surface area contributed by atoms with Crippen LogP contribution in [-0.2, 0) is 23.1 Å². The molecular formula is C14H21NO3S2. The number of hydrogen-bond acceptors (Lipinski definition) is 4. The lowest BCUT2D eigenvalue weighted by Crippen LogP contribution is -2.40. The molecule has 1 atom stereocenters. The quantitative estimate of drug-likeness (QED) is 0.921. The van der Waals surface area contributed by atoms with Gasteiger partial charge in [0.15, 0.2) is 0 Å². The van der Waals surface area contributed by atoms with E-state index in [2.05, 4.69) is 0 Å². The summed E-state index contributed by atoms with van der Waals surface area (Å²) in [4.78, 5) is 0.290. The van der Waals surface area contributed by atoms with Crippen molar-refractivity contribution in [2.75, 3.05) is 18.8 Å². The Bertz CT molecular complexity index is 572. The zero-order valence-corrected chi connectivity index (χ0v) is 13.5. The third kappa shape index (κ3) is 3.19. The van der Waals surface area contributed by atoms with Gasteiger partial charge in [0, 0.05) is 24.1 Å². The molecule has 1 aliphatic rings. The highest BCUT2D eigenvalue weighted by Crippen LogP contribution is 2.25. The molecule has 20 heavy (non-hydrogen) atoms. The summed E-state index contributed by atoms with van der Waals surface area (Å²) >= 11 is 1.80. The molecule has 112 valence electrons. The standard InChI is InChI=1S/C14H21NO3S2/c1-3-12-4-5-14(8-13(12)10-16)20(17,18)15-6-7-19-11(2)9-15/h4-5,8,11,16H,3,6-7,9-10H2,1-2H3. The zero-order chi connectivity index (χ0) is 14.8. The van der Waals surface area contributed by atoms with Crippen LogP contribution in [0.2, 0.25) is 0 Å². The molecule has 1 heterocycles. The summed E-state index contributed by atoms with van der Waals surface area (Å²) in [5.74, 6) is 0.834. The van der Waals surface area contributed by atoms with E-state index >= 15 is 0 Å². The second-order valence-electron chi connectivity index (χ2n) is 4.99. The number of rotatable bonds is 4. The van der Waals surface area contributed by atoms with Crippen molar-refractivity contribution in [1.29, 1.82) is 0 Å². The molecule has 1 N–H and O–H groups in total. The fourth-order valence-electron chi connectivity index (χ4n) is 2.41. The van der Waals surface area contributed by atoms with Gasteiger partial charge in [-0.25, -0.2) is 8.42 Å². The van der Waals surface area contributed by atoms with Crippen molar-refractivity contribution in [3.63, 3.8) is 0 Å². The van der Waals surface area contributed by atoms with Crippen LogP contribution in [0.5, 0.6) is 0 Å². The maximum atomic E-state index is 12.6.